The van der Waals surface area contributed by atoms with Crippen LogP contribution in [-0.2, 0) is 53.1 Å². The lowest BCUT2D eigenvalue weighted by Gasteiger charge is -2.37. The van der Waals surface area contributed by atoms with Crippen LogP contribution in [0.15, 0.2) is 91.0 Å². The standard InChI is InChI=1S/C28H32O7S/c1-28(22-29,34-20-25-16-10-5-11-17-25)27(33-19-24-14-8-4-9-15-24)26(35-36(2,30)31)21-32-18-23-12-6-3-7-13-23/h3-17,22,26-27H,18-21H2,1-2H3/t26-,27-,28+/m1/s1. The Morgan fingerprint density at radius 2 is 1.25 bits per heavy atom. The molecule has 3 atom stereocenters. The molecule has 0 fully saturated rings. The van der Waals surface area contributed by atoms with E-state index in [4.69, 9.17) is 18.4 Å². The van der Waals surface area contributed by atoms with Crippen LogP contribution in [0.5, 0.6) is 0 Å². The molecule has 0 radical (unpaired) electrons. The highest BCUT2D eigenvalue weighted by molar-refractivity contribution is 7.86. The molecule has 0 bridgehead atoms. The zero-order valence-electron chi connectivity index (χ0n) is 20.5. The van der Waals surface area contributed by atoms with Crippen molar-refractivity contribution in [2.45, 2.75) is 44.6 Å². The molecule has 36 heavy (non-hydrogen) atoms. The summed E-state index contributed by atoms with van der Waals surface area (Å²) in [5.41, 5.74) is 1.09. The zero-order valence-corrected chi connectivity index (χ0v) is 21.3. The Hall–Kier alpha value is -2.88. The molecule has 0 spiro atoms. The van der Waals surface area contributed by atoms with Gasteiger partial charge in [0.25, 0.3) is 10.1 Å². The molecule has 192 valence electrons. The summed E-state index contributed by atoms with van der Waals surface area (Å²) in [5.74, 6) is 0. The zero-order chi connectivity index (χ0) is 25.9. The average Bonchev–Trinajstić information content (AvgIpc) is 2.88. The molecular formula is C28H32O7S. The van der Waals surface area contributed by atoms with Gasteiger partial charge in [-0.3, -0.25) is 4.18 Å². The van der Waals surface area contributed by atoms with Crippen LogP contribution < -0.4 is 0 Å². The summed E-state index contributed by atoms with van der Waals surface area (Å²) in [7, 11) is -3.91. The van der Waals surface area contributed by atoms with Crippen LogP contribution in [0.1, 0.15) is 23.6 Å². The van der Waals surface area contributed by atoms with Crippen molar-refractivity contribution in [3.8, 4) is 0 Å². The lowest BCUT2D eigenvalue weighted by Crippen LogP contribution is -2.54. The summed E-state index contributed by atoms with van der Waals surface area (Å²) in [6, 6.07) is 28.2. The fourth-order valence-corrected chi connectivity index (χ4v) is 4.26. The Balaban J connectivity index is 1.85. The first-order valence-corrected chi connectivity index (χ1v) is 13.4. The molecule has 0 saturated carbocycles. The molecule has 0 aromatic heterocycles. The van der Waals surface area contributed by atoms with Gasteiger partial charge in [0.15, 0.2) is 6.29 Å². The van der Waals surface area contributed by atoms with Crippen molar-refractivity contribution in [2.24, 2.45) is 0 Å². The summed E-state index contributed by atoms with van der Waals surface area (Å²) in [6.07, 6.45) is -0.654. The van der Waals surface area contributed by atoms with Crippen LogP contribution in [0.25, 0.3) is 0 Å². The maximum absolute atomic E-state index is 12.4. The van der Waals surface area contributed by atoms with Gasteiger partial charge in [-0.15, -0.1) is 0 Å². The summed E-state index contributed by atoms with van der Waals surface area (Å²) >= 11 is 0. The van der Waals surface area contributed by atoms with Crippen LogP contribution in [0.3, 0.4) is 0 Å². The largest absolute Gasteiger partial charge is 0.374 e. The van der Waals surface area contributed by atoms with Gasteiger partial charge in [0.2, 0.25) is 0 Å². The highest BCUT2D eigenvalue weighted by Crippen LogP contribution is 2.26. The van der Waals surface area contributed by atoms with Crippen LogP contribution in [-0.4, -0.2) is 45.4 Å². The minimum absolute atomic E-state index is 0.117. The van der Waals surface area contributed by atoms with Crippen molar-refractivity contribution < 1.29 is 31.6 Å². The lowest BCUT2D eigenvalue weighted by atomic mass is 9.95. The highest BCUT2D eigenvalue weighted by Gasteiger charge is 2.44. The first kappa shape index (κ1) is 27.7. The van der Waals surface area contributed by atoms with Gasteiger partial charge < -0.3 is 19.0 Å². The fraction of sp³-hybridized carbons (Fsp3) is 0.321. The minimum Gasteiger partial charge on any atom is -0.374 e. The van der Waals surface area contributed by atoms with Crippen molar-refractivity contribution in [1.29, 1.82) is 0 Å². The van der Waals surface area contributed by atoms with Gasteiger partial charge in [-0.25, -0.2) is 0 Å². The molecule has 3 aromatic rings. The summed E-state index contributed by atoms with van der Waals surface area (Å²) in [5, 5.41) is 0. The van der Waals surface area contributed by atoms with Crippen LogP contribution in [0, 0.1) is 0 Å². The van der Waals surface area contributed by atoms with Crippen molar-refractivity contribution in [1.82, 2.24) is 0 Å². The molecule has 0 aliphatic carbocycles. The topological polar surface area (TPSA) is 88.1 Å². The Labute approximate surface area is 213 Å². The predicted molar refractivity (Wildman–Crippen MR) is 137 cm³/mol. The SMILES string of the molecule is C[C@@](C=O)(OCc1ccccc1)[C@H](OCc1ccccc1)[C@@H](COCc1ccccc1)OS(C)(=O)=O. The molecule has 7 nitrogen and oxygen atoms in total. The number of carbonyl (C=O) groups is 1. The van der Waals surface area contributed by atoms with E-state index in [9.17, 15) is 13.2 Å². The van der Waals surface area contributed by atoms with Gasteiger partial charge >= 0.3 is 0 Å². The predicted octanol–water partition coefficient (Wildman–Crippen LogP) is 4.31. The molecule has 0 heterocycles. The van der Waals surface area contributed by atoms with E-state index in [1.165, 1.54) is 0 Å². The van der Waals surface area contributed by atoms with E-state index in [1.54, 1.807) is 6.92 Å². The second-order valence-corrected chi connectivity index (χ2v) is 10.2. The van der Waals surface area contributed by atoms with E-state index in [1.807, 2.05) is 91.0 Å². The maximum Gasteiger partial charge on any atom is 0.264 e. The van der Waals surface area contributed by atoms with Crippen LogP contribution >= 0.6 is 0 Å². The van der Waals surface area contributed by atoms with Crippen molar-refractivity contribution in [3.63, 3.8) is 0 Å². The Kier molecular flexibility index (Phi) is 10.3. The number of hydrogen-bond acceptors (Lipinski definition) is 7. The summed E-state index contributed by atoms with van der Waals surface area (Å²) in [6.45, 7) is 1.90. The van der Waals surface area contributed by atoms with Gasteiger partial charge in [-0.2, -0.15) is 8.42 Å². The lowest BCUT2D eigenvalue weighted by molar-refractivity contribution is -0.184. The van der Waals surface area contributed by atoms with Crippen molar-refractivity contribution >= 4 is 16.4 Å². The third-order valence-corrected chi connectivity index (χ3v) is 6.09. The highest BCUT2D eigenvalue weighted by atomic mass is 32.2. The van der Waals surface area contributed by atoms with E-state index in [0.29, 0.717) is 6.29 Å². The summed E-state index contributed by atoms with van der Waals surface area (Å²) in [4.78, 5) is 12.4. The number of rotatable bonds is 15. The van der Waals surface area contributed by atoms with Crippen LogP contribution in [0.4, 0.5) is 0 Å². The number of ether oxygens (including phenoxy) is 3. The molecule has 3 rings (SSSR count). The average molecular weight is 513 g/mol. The van der Waals surface area contributed by atoms with Crippen molar-refractivity contribution in [3.05, 3.63) is 108 Å². The molecule has 8 heteroatoms. The summed E-state index contributed by atoms with van der Waals surface area (Å²) < 4.78 is 47.8. The van der Waals surface area contributed by atoms with Gasteiger partial charge in [-0.05, 0) is 23.6 Å². The minimum atomic E-state index is -3.91. The molecule has 0 aliphatic heterocycles. The fourth-order valence-electron chi connectivity index (χ4n) is 3.66. The first-order valence-electron chi connectivity index (χ1n) is 11.6. The Bertz CT molecular complexity index is 1150. The van der Waals surface area contributed by atoms with E-state index in [2.05, 4.69) is 0 Å². The van der Waals surface area contributed by atoms with E-state index < -0.39 is 27.9 Å². The molecule has 0 aliphatic rings. The third-order valence-electron chi connectivity index (χ3n) is 5.49. The van der Waals surface area contributed by atoms with Gasteiger partial charge in [-0.1, -0.05) is 91.0 Å². The van der Waals surface area contributed by atoms with Crippen molar-refractivity contribution in [2.75, 3.05) is 12.9 Å². The molecule has 0 amide bonds. The third kappa shape index (κ3) is 8.96. The monoisotopic (exact) mass is 512 g/mol. The normalized spacial score (nSPS) is 15.1. The Morgan fingerprint density at radius 3 is 1.72 bits per heavy atom. The molecule has 0 N–H and O–H groups in total. The number of benzene rings is 3. The van der Waals surface area contributed by atoms with Gasteiger partial charge in [0, 0.05) is 0 Å². The van der Waals surface area contributed by atoms with Gasteiger partial charge in [0.1, 0.15) is 17.8 Å². The first-order chi connectivity index (χ1) is 17.3. The Morgan fingerprint density at radius 1 is 0.778 bits per heavy atom. The van der Waals surface area contributed by atoms with Crippen LogP contribution in [0.2, 0.25) is 0 Å². The van der Waals surface area contributed by atoms with E-state index in [-0.39, 0.29) is 26.4 Å². The van der Waals surface area contributed by atoms with E-state index in [0.717, 1.165) is 22.9 Å². The maximum atomic E-state index is 12.4. The quantitative estimate of drug-likeness (QED) is 0.222. The second kappa shape index (κ2) is 13.4. The van der Waals surface area contributed by atoms with Gasteiger partial charge in [0.05, 0.1) is 32.7 Å². The molecule has 0 unspecified atom stereocenters. The smallest absolute Gasteiger partial charge is 0.264 e. The van der Waals surface area contributed by atoms with E-state index >= 15 is 0 Å². The number of aldehydes is 1. The second-order valence-electron chi connectivity index (χ2n) is 8.63. The molecule has 3 aromatic carbocycles. The molecule has 0 saturated heterocycles. The molecular weight excluding hydrogens is 480 g/mol. The number of hydrogen-bond donors (Lipinski definition) is 0. The number of carbonyl (C=O) groups excluding carboxylic acids is 1.